The van der Waals surface area contributed by atoms with Gasteiger partial charge in [0.05, 0.1) is 24.3 Å². The van der Waals surface area contributed by atoms with Gasteiger partial charge in [0.1, 0.15) is 6.04 Å². The number of hydrogen-bond acceptors (Lipinski definition) is 7. The monoisotopic (exact) mass is 555 g/mol. The van der Waals surface area contributed by atoms with Crippen LogP contribution >= 0.6 is 0 Å². The highest BCUT2D eigenvalue weighted by Crippen LogP contribution is 2.30. The van der Waals surface area contributed by atoms with Crippen LogP contribution in [0.3, 0.4) is 0 Å². The fourth-order valence-corrected chi connectivity index (χ4v) is 4.58. The Kier molecular flexibility index (Phi) is 9.32. The summed E-state index contributed by atoms with van der Waals surface area (Å²) >= 11 is 0. The summed E-state index contributed by atoms with van der Waals surface area (Å²) < 4.78 is 10.8. The third-order valence-electron chi connectivity index (χ3n) is 6.86. The van der Waals surface area contributed by atoms with Crippen molar-refractivity contribution in [3.8, 4) is 17.6 Å². The van der Waals surface area contributed by atoms with Crippen molar-refractivity contribution in [1.82, 2.24) is 5.32 Å². The maximum absolute atomic E-state index is 12.8. The molecule has 3 aromatic rings. The predicted octanol–water partition coefficient (Wildman–Crippen LogP) is 4.34. The Labute approximate surface area is 236 Å². The van der Waals surface area contributed by atoms with Crippen molar-refractivity contribution >= 4 is 29.4 Å². The van der Waals surface area contributed by atoms with Gasteiger partial charge in [0.25, 0.3) is 5.91 Å². The molecule has 2 amide bonds. The van der Waals surface area contributed by atoms with E-state index in [0.717, 1.165) is 25.7 Å². The van der Waals surface area contributed by atoms with Crippen molar-refractivity contribution in [1.29, 1.82) is 5.26 Å². The third-order valence-corrected chi connectivity index (χ3v) is 6.86. The molecule has 210 valence electrons. The molecule has 0 heterocycles. The Morgan fingerprint density at radius 3 is 2.22 bits per heavy atom. The second-order valence-electron chi connectivity index (χ2n) is 9.68. The van der Waals surface area contributed by atoms with Crippen LogP contribution < -0.4 is 20.1 Å². The highest BCUT2D eigenvalue weighted by atomic mass is 16.6. The van der Waals surface area contributed by atoms with Crippen molar-refractivity contribution in [2.75, 3.05) is 12.4 Å². The standard InChI is InChI=1S/C31H29N3O7/c1-40-27-17-20(8-15-26(27)41-31(39)23-9-6-19(18-32)7-10-23)16-25(30(37)38)34-29(36)22-11-13-24(14-12-22)33-28(35)21-4-2-3-5-21/h6-15,17,21,25H,2-5,16H2,1H3,(H,33,35)(H,34,36)(H,37,38). The molecular weight excluding hydrogens is 526 g/mol. The fraction of sp³-hybridized carbons (Fsp3) is 0.258. The molecule has 0 spiro atoms. The lowest BCUT2D eigenvalue weighted by Gasteiger charge is -2.16. The number of ether oxygens (including phenoxy) is 2. The molecule has 1 unspecified atom stereocenters. The highest BCUT2D eigenvalue weighted by molar-refractivity contribution is 5.98. The summed E-state index contributed by atoms with van der Waals surface area (Å²) in [5.41, 5.74) is 1.99. The zero-order valence-corrected chi connectivity index (χ0v) is 22.4. The third kappa shape index (κ3) is 7.48. The van der Waals surface area contributed by atoms with E-state index in [2.05, 4.69) is 10.6 Å². The molecule has 1 fully saturated rings. The molecule has 3 aromatic carbocycles. The van der Waals surface area contributed by atoms with E-state index in [1.54, 1.807) is 18.2 Å². The Balaban J connectivity index is 1.38. The summed E-state index contributed by atoms with van der Waals surface area (Å²) in [4.78, 5) is 49.6. The molecule has 1 aliphatic carbocycles. The first kappa shape index (κ1) is 28.8. The molecular formula is C31H29N3O7. The number of hydrogen-bond donors (Lipinski definition) is 3. The van der Waals surface area contributed by atoms with Crippen LogP contribution in [0.5, 0.6) is 11.5 Å². The van der Waals surface area contributed by atoms with Crippen LogP contribution in [0.2, 0.25) is 0 Å². The number of nitrogens with one attached hydrogen (secondary N) is 2. The molecule has 1 saturated carbocycles. The van der Waals surface area contributed by atoms with Crippen LogP contribution in [0.4, 0.5) is 5.69 Å². The van der Waals surface area contributed by atoms with Crippen LogP contribution in [0, 0.1) is 17.2 Å². The first-order valence-corrected chi connectivity index (χ1v) is 13.1. The summed E-state index contributed by atoms with van der Waals surface area (Å²) in [6.45, 7) is 0. The molecule has 4 rings (SSSR count). The van der Waals surface area contributed by atoms with E-state index >= 15 is 0 Å². The molecule has 41 heavy (non-hydrogen) atoms. The number of carboxylic acids is 1. The van der Waals surface area contributed by atoms with Crippen molar-refractivity contribution in [3.05, 3.63) is 89.0 Å². The number of methoxy groups -OCH3 is 1. The first-order chi connectivity index (χ1) is 19.8. The molecule has 3 N–H and O–H groups in total. The second kappa shape index (κ2) is 13.3. The lowest BCUT2D eigenvalue weighted by atomic mass is 10.0. The SMILES string of the molecule is COc1cc(CC(NC(=O)c2ccc(NC(=O)C3CCCC3)cc2)C(=O)O)ccc1OC(=O)c1ccc(C#N)cc1. The van der Waals surface area contributed by atoms with Crippen LogP contribution in [0.15, 0.2) is 66.7 Å². The Hall–Kier alpha value is -5.17. The minimum Gasteiger partial charge on any atom is -0.493 e. The number of carbonyl (C=O) groups excluding carboxylic acids is 3. The van der Waals surface area contributed by atoms with Gasteiger partial charge < -0.3 is 25.2 Å². The summed E-state index contributed by atoms with van der Waals surface area (Å²) in [7, 11) is 1.38. The molecule has 1 aliphatic rings. The fourth-order valence-electron chi connectivity index (χ4n) is 4.58. The molecule has 0 radical (unpaired) electrons. The van der Waals surface area contributed by atoms with Gasteiger partial charge in [-0.05, 0) is 79.1 Å². The van der Waals surface area contributed by atoms with E-state index < -0.39 is 23.9 Å². The summed E-state index contributed by atoms with van der Waals surface area (Å²) in [5, 5.41) is 24.1. The minimum absolute atomic E-state index is 0.0107. The first-order valence-electron chi connectivity index (χ1n) is 13.1. The molecule has 1 atom stereocenters. The zero-order chi connectivity index (χ0) is 29.4. The van der Waals surface area contributed by atoms with Crippen molar-refractivity contribution < 1.29 is 33.8 Å². The number of nitrogens with zero attached hydrogens (tertiary/aromatic N) is 1. The quantitative estimate of drug-likeness (QED) is 0.247. The van der Waals surface area contributed by atoms with Crippen molar-refractivity contribution in [3.63, 3.8) is 0 Å². The maximum Gasteiger partial charge on any atom is 0.343 e. The molecule has 10 nitrogen and oxygen atoms in total. The topological polar surface area (TPSA) is 155 Å². The molecule has 0 aromatic heterocycles. The molecule has 0 bridgehead atoms. The van der Waals surface area contributed by atoms with E-state index in [4.69, 9.17) is 14.7 Å². The van der Waals surface area contributed by atoms with Gasteiger partial charge in [-0.25, -0.2) is 9.59 Å². The number of benzene rings is 3. The number of amides is 2. The lowest BCUT2D eigenvalue weighted by molar-refractivity contribution is -0.139. The van der Waals surface area contributed by atoms with Crippen LogP contribution in [0.25, 0.3) is 0 Å². The number of aliphatic carboxylic acids is 1. The van der Waals surface area contributed by atoms with E-state index in [1.807, 2.05) is 6.07 Å². The van der Waals surface area contributed by atoms with Gasteiger partial charge in [-0.3, -0.25) is 9.59 Å². The predicted molar refractivity (Wildman–Crippen MR) is 149 cm³/mol. The summed E-state index contributed by atoms with van der Waals surface area (Å²) in [6.07, 6.45) is 3.79. The normalized spacial score (nSPS) is 13.5. The van der Waals surface area contributed by atoms with Crippen molar-refractivity contribution in [2.45, 2.75) is 38.1 Å². The van der Waals surface area contributed by atoms with Gasteiger partial charge in [-0.1, -0.05) is 18.9 Å². The lowest BCUT2D eigenvalue weighted by Crippen LogP contribution is -2.42. The van der Waals surface area contributed by atoms with Gasteiger partial charge >= 0.3 is 11.9 Å². The van der Waals surface area contributed by atoms with Gasteiger partial charge in [0.15, 0.2) is 11.5 Å². The van der Waals surface area contributed by atoms with E-state index in [-0.39, 0.29) is 40.9 Å². The molecule has 0 aliphatic heterocycles. The van der Waals surface area contributed by atoms with Crippen LogP contribution in [0.1, 0.15) is 57.5 Å². The van der Waals surface area contributed by atoms with Crippen LogP contribution in [-0.2, 0) is 16.0 Å². The van der Waals surface area contributed by atoms with Gasteiger partial charge in [0, 0.05) is 23.6 Å². The van der Waals surface area contributed by atoms with Crippen LogP contribution in [-0.4, -0.2) is 42.0 Å². The number of rotatable bonds is 10. The second-order valence-corrected chi connectivity index (χ2v) is 9.68. The number of anilines is 1. The van der Waals surface area contributed by atoms with E-state index in [0.29, 0.717) is 16.8 Å². The van der Waals surface area contributed by atoms with E-state index in [1.165, 1.54) is 55.6 Å². The number of nitriles is 1. The number of carboxylic acid groups (broad SMARTS) is 1. The maximum atomic E-state index is 12.8. The molecule has 10 heteroatoms. The Morgan fingerprint density at radius 1 is 0.951 bits per heavy atom. The van der Waals surface area contributed by atoms with Gasteiger partial charge in [-0.15, -0.1) is 0 Å². The summed E-state index contributed by atoms with van der Waals surface area (Å²) in [5.74, 6) is -2.15. The highest BCUT2D eigenvalue weighted by Gasteiger charge is 2.24. The largest absolute Gasteiger partial charge is 0.493 e. The smallest absolute Gasteiger partial charge is 0.343 e. The van der Waals surface area contributed by atoms with E-state index in [9.17, 15) is 24.3 Å². The zero-order valence-electron chi connectivity index (χ0n) is 22.4. The number of carbonyl (C=O) groups is 4. The average Bonchev–Trinajstić information content (AvgIpc) is 3.53. The Morgan fingerprint density at radius 2 is 1.61 bits per heavy atom. The van der Waals surface area contributed by atoms with Crippen molar-refractivity contribution in [2.24, 2.45) is 5.92 Å². The minimum atomic E-state index is -1.25. The summed E-state index contributed by atoms with van der Waals surface area (Å²) in [6, 6.07) is 17.5. The molecule has 0 saturated heterocycles. The Bertz CT molecular complexity index is 1470. The van der Waals surface area contributed by atoms with Gasteiger partial charge in [-0.2, -0.15) is 5.26 Å². The van der Waals surface area contributed by atoms with Gasteiger partial charge in [0.2, 0.25) is 5.91 Å². The average molecular weight is 556 g/mol. The number of esters is 1.